The maximum absolute atomic E-state index is 13.5. The number of halogens is 2. The van der Waals surface area contributed by atoms with Crippen molar-refractivity contribution in [2.45, 2.75) is 12.8 Å². The minimum atomic E-state index is -0.441. The Balaban J connectivity index is 2.27. The molecule has 0 saturated carbocycles. The Morgan fingerprint density at radius 2 is 2.18 bits per heavy atom. The van der Waals surface area contributed by atoms with Crippen LogP contribution in [0.1, 0.15) is 12.3 Å². The number of hydrogen-bond acceptors (Lipinski definition) is 4. The fourth-order valence-corrected chi connectivity index (χ4v) is 1.55. The lowest BCUT2D eigenvalue weighted by Gasteiger charge is -1.97. The summed E-state index contributed by atoms with van der Waals surface area (Å²) in [5.41, 5.74) is 5.58. The van der Waals surface area contributed by atoms with Crippen LogP contribution >= 0.6 is 11.6 Å². The summed E-state index contributed by atoms with van der Waals surface area (Å²) in [4.78, 5) is 0. The number of nitrogens with zero attached hydrogens (tertiary/aromatic N) is 2. The molecule has 1 heterocycles. The van der Waals surface area contributed by atoms with Crippen LogP contribution in [0.4, 0.5) is 4.39 Å². The molecule has 2 aromatic rings. The Morgan fingerprint density at radius 1 is 1.35 bits per heavy atom. The molecule has 2 rings (SSSR count). The molecule has 0 unspecified atom stereocenters. The third kappa shape index (κ3) is 2.81. The predicted molar refractivity (Wildman–Crippen MR) is 62.1 cm³/mol. The van der Waals surface area contributed by atoms with Crippen LogP contribution in [0.3, 0.4) is 0 Å². The molecular formula is C11H11ClFN3O. The van der Waals surface area contributed by atoms with Gasteiger partial charge in [0.2, 0.25) is 5.89 Å². The molecule has 0 radical (unpaired) electrons. The van der Waals surface area contributed by atoms with Gasteiger partial charge in [0, 0.05) is 11.4 Å². The van der Waals surface area contributed by atoms with Crippen LogP contribution in [0.5, 0.6) is 0 Å². The third-order valence-electron chi connectivity index (χ3n) is 2.22. The van der Waals surface area contributed by atoms with E-state index in [1.54, 1.807) is 0 Å². The molecule has 1 aromatic carbocycles. The summed E-state index contributed by atoms with van der Waals surface area (Å²) >= 11 is 5.78. The largest absolute Gasteiger partial charge is 0.421 e. The predicted octanol–water partition coefficient (Wildman–Crippen LogP) is 2.42. The number of aromatic nitrogens is 2. The van der Waals surface area contributed by atoms with E-state index in [-0.39, 0.29) is 11.5 Å². The summed E-state index contributed by atoms with van der Waals surface area (Å²) in [6, 6.07) is 4.19. The zero-order valence-corrected chi connectivity index (χ0v) is 9.75. The van der Waals surface area contributed by atoms with Gasteiger partial charge < -0.3 is 10.2 Å². The summed E-state index contributed by atoms with van der Waals surface area (Å²) in [6.45, 7) is 0.545. The molecular weight excluding hydrogens is 245 g/mol. The molecule has 0 spiro atoms. The number of benzene rings is 1. The molecule has 0 fully saturated rings. The average molecular weight is 256 g/mol. The summed E-state index contributed by atoms with van der Waals surface area (Å²) < 4.78 is 18.8. The average Bonchev–Trinajstić information content (AvgIpc) is 2.78. The molecule has 0 aliphatic rings. The molecule has 0 bridgehead atoms. The first-order valence-corrected chi connectivity index (χ1v) is 5.56. The molecule has 1 aromatic heterocycles. The van der Waals surface area contributed by atoms with Crippen LogP contribution in [-0.2, 0) is 6.42 Å². The summed E-state index contributed by atoms with van der Waals surface area (Å²) in [5.74, 6) is 0.144. The molecule has 0 aliphatic carbocycles. The van der Waals surface area contributed by atoms with Gasteiger partial charge in [-0.1, -0.05) is 11.6 Å². The lowest BCUT2D eigenvalue weighted by molar-refractivity contribution is 0.495. The number of rotatable bonds is 4. The molecule has 6 heteroatoms. The molecule has 0 atom stereocenters. The highest BCUT2D eigenvalue weighted by atomic mass is 35.5. The van der Waals surface area contributed by atoms with Gasteiger partial charge in [-0.05, 0) is 31.2 Å². The van der Waals surface area contributed by atoms with E-state index in [9.17, 15) is 4.39 Å². The topological polar surface area (TPSA) is 64.9 Å². The zero-order valence-electron chi connectivity index (χ0n) is 8.99. The maximum Gasteiger partial charge on any atom is 0.250 e. The van der Waals surface area contributed by atoms with Crippen LogP contribution in [0.15, 0.2) is 22.6 Å². The zero-order chi connectivity index (χ0) is 12.3. The molecule has 0 amide bonds. The monoisotopic (exact) mass is 255 g/mol. The van der Waals surface area contributed by atoms with Crippen molar-refractivity contribution in [2.24, 2.45) is 5.73 Å². The minimum Gasteiger partial charge on any atom is -0.421 e. The van der Waals surface area contributed by atoms with E-state index in [1.807, 2.05) is 0 Å². The van der Waals surface area contributed by atoms with Gasteiger partial charge in [-0.2, -0.15) is 0 Å². The molecule has 0 saturated heterocycles. The fourth-order valence-electron chi connectivity index (χ4n) is 1.38. The fraction of sp³-hybridized carbons (Fsp3) is 0.273. The van der Waals surface area contributed by atoms with Gasteiger partial charge in [-0.25, -0.2) is 4.39 Å². The third-order valence-corrected chi connectivity index (χ3v) is 2.46. The first kappa shape index (κ1) is 12.0. The van der Waals surface area contributed by atoms with Crippen molar-refractivity contribution in [2.75, 3.05) is 6.54 Å². The van der Waals surface area contributed by atoms with E-state index in [0.717, 1.165) is 6.42 Å². The first-order valence-electron chi connectivity index (χ1n) is 5.18. The highest BCUT2D eigenvalue weighted by Gasteiger charge is 2.13. The smallest absolute Gasteiger partial charge is 0.250 e. The van der Waals surface area contributed by atoms with E-state index >= 15 is 0 Å². The van der Waals surface area contributed by atoms with Crippen molar-refractivity contribution in [1.29, 1.82) is 0 Å². The maximum atomic E-state index is 13.5. The Kier molecular flexibility index (Phi) is 3.71. The van der Waals surface area contributed by atoms with Gasteiger partial charge >= 0.3 is 0 Å². The quantitative estimate of drug-likeness (QED) is 0.911. The lowest BCUT2D eigenvalue weighted by atomic mass is 10.2. The number of nitrogens with two attached hydrogens (primary N) is 1. The van der Waals surface area contributed by atoms with Crippen LogP contribution < -0.4 is 5.73 Å². The Hall–Kier alpha value is -1.46. The highest BCUT2D eigenvalue weighted by molar-refractivity contribution is 6.30. The van der Waals surface area contributed by atoms with Crippen molar-refractivity contribution < 1.29 is 8.81 Å². The van der Waals surface area contributed by atoms with Gasteiger partial charge in [0.1, 0.15) is 5.82 Å². The van der Waals surface area contributed by atoms with Crippen LogP contribution in [-0.4, -0.2) is 16.7 Å². The van der Waals surface area contributed by atoms with Gasteiger partial charge in [-0.3, -0.25) is 0 Å². The second-order valence-corrected chi connectivity index (χ2v) is 3.95. The SMILES string of the molecule is NCCCc1nnc(-c2cc(Cl)ccc2F)o1. The summed E-state index contributed by atoms with van der Waals surface area (Å²) in [5, 5.41) is 8.02. The number of hydrogen-bond donors (Lipinski definition) is 1. The van der Waals surface area contributed by atoms with Crippen LogP contribution in [0.25, 0.3) is 11.5 Å². The van der Waals surface area contributed by atoms with Gasteiger partial charge in [0.25, 0.3) is 5.89 Å². The standard InChI is InChI=1S/C11H11ClFN3O/c12-7-3-4-9(13)8(6-7)11-16-15-10(17-11)2-1-5-14/h3-4,6H,1-2,5,14H2. The normalized spacial score (nSPS) is 10.8. The summed E-state index contributed by atoms with van der Waals surface area (Å²) in [7, 11) is 0. The molecule has 90 valence electrons. The van der Waals surface area contributed by atoms with E-state index in [2.05, 4.69) is 10.2 Å². The van der Waals surface area contributed by atoms with Gasteiger partial charge in [0.05, 0.1) is 5.56 Å². The second-order valence-electron chi connectivity index (χ2n) is 3.52. The van der Waals surface area contributed by atoms with E-state index < -0.39 is 5.82 Å². The van der Waals surface area contributed by atoms with Crippen LogP contribution in [0.2, 0.25) is 5.02 Å². The van der Waals surface area contributed by atoms with E-state index in [4.69, 9.17) is 21.8 Å². The Bertz CT molecular complexity index is 515. The molecule has 2 N–H and O–H groups in total. The van der Waals surface area contributed by atoms with Crippen molar-refractivity contribution in [3.05, 3.63) is 34.9 Å². The van der Waals surface area contributed by atoms with Crippen molar-refractivity contribution in [3.63, 3.8) is 0 Å². The van der Waals surface area contributed by atoms with Gasteiger partial charge in [0.15, 0.2) is 0 Å². The Morgan fingerprint density at radius 3 is 2.94 bits per heavy atom. The summed E-state index contributed by atoms with van der Waals surface area (Å²) in [6.07, 6.45) is 1.34. The second kappa shape index (κ2) is 5.25. The first-order chi connectivity index (χ1) is 8.20. The molecule has 17 heavy (non-hydrogen) atoms. The highest BCUT2D eigenvalue weighted by Crippen LogP contribution is 2.25. The van der Waals surface area contributed by atoms with E-state index in [1.165, 1.54) is 18.2 Å². The molecule has 0 aliphatic heterocycles. The minimum absolute atomic E-state index is 0.136. The van der Waals surface area contributed by atoms with Crippen LogP contribution in [0, 0.1) is 5.82 Å². The Labute approximate surface area is 103 Å². The van der Waals surface area contributed by atoms with Gasteiger partial charge in [-0.15, -0.1) is 10.2 Å². The lowest BCUT2D eigenvalue weighted by Crippen LogP contribution is -2.00. The van der Waals surface area contributed by atoms with Crippen molar-refractivity contribution in [3.8, 4) is 11.5 Å². The molecule has 4 nitrogen and oxygen atoms in total. The van der Waals surface area contributed by atoms with Crippen molar-refractivity contribution >= 4 is 11.6 Å². The number of aryl methyl sites for hydroxylation is 1. The van der Waals surface area contributed by atoms with E-state index in [0.29, 0.717) is 23.9 Å². The van der Waals surface area contributed by atoms with Crippen molar-refractivity contribution in [1.82, 2.24) is 10.2 Å².